The molecular weight excluding hydrogens is 522 g/mol. The SMILES string of the molecule is CCCCCC/C=C\CCCCCCCCC1(CCCCCCCC/C=C\CCCCCC)CCC(CCCN(C)C)O1. The summed E-state index contributed by atoms with van der Waals surface area (Å²) in [6, 6.07) is 0. The predicted molar refractivity (Wildman–Crippen MR) is 194 cm³/mol. The van der Waals surface area contributed by atoms with Crippen molar-refractivity contribution in [3.05, 3.63) is 24.3 Å². The summed E-state index contributed by atoms with van der Waals surface area (Å²) in [6.45, 7) is 5.77. The van der Waals surface area contributed by atoms with Crippen molar-refractivity contribution in [3.63, 3.8) is 0 Å². The Morgan fingerprint density at radius 3 is 1.35 bits per heavy atom. The maximum Gasteiger partial charge on any atom is 0.0687 e. The van der Waals surface area contributed by atoms with Gasteiger partial charge in [-0.05, 0) is 111 Å². The highest BCUT2D eigenvalue weighted by Gasteiger charge is 2.38. The van der Waals surface area contributed by atoms with Gasteiger partial charge in [-0.15, -0.1) is 0 Å². The first-order valence-corrected chi connectivity index (χ1v) is 19.7. The summed E-state index contributed by atoms with van der Waals surface area (Å²) in [5.74, 6) is 0. The lowest BCUT2D eigenvalue weighted by Crippen LogP contribution is -2.29. The molecule has 1 heterocycles. The molecule has 0 aromatic rings. The van der Waals surface area contributed by atoms with E-state index < -0.39 is 0 Å². The Labute approximate surface area is 272 Å². The molecule has 1 aliphatic heterocycles. The standard InChI is InChI=1S/C41H79NO/c1-5-7-9-11-13-15-17-19-21-23-25-27-29-31-36-41(38-35-40(43-41)34-33-39-42(3)4)37-32-30-28-26-24-22-20-18-16-14-12-10-8-6-2/h15-18,40H,5-14,19-39H2,1-4H3/b17-15-,18-16-. The molecule has 2 nitrogen and oxygen atoms in total. The third-order valence-electron chi connectivity index (χ3n) is 9.76. The lowest BCUT2D eigenvalue weighted by molar-refractivity contribution is -0.0579. The summed E-state index contributed by atoms with van der Waals surface area (Å²) >= 11 is 0. The van der Waals surface area contributed by atoms with Gasteiger partial charge in [0.2, 0.25) is 0 Å². The molecule has 1 unspecified atom stereocenters. The van der Waals surface area contributed by atoms with Gasteiger partial charge in [0.05, 0.1) is 11.7 Å². The molecule has 43 heavy (non-hydrogen) atoms. The van der Waals surface area contributed by atoms with E-state index >= 15 is 0 Å². The molecule has 1 atom stereocenters. The summed E-state index contributed by atoms with van der Waals surface area (Å²) in [7, 11) is 4.39. The summed E-state index contributed by atoms with van der Waals surface area (Å²) in [5.41, 5.74) is 0.201. The number of hydrogen-bond donors (Lipinski definition) is 0. The molecular formula is C41H79NO. The minimum absolute atomic E-state index is 0.201. The average molecular weight is 602 g/mol. The first kappa shape index (κ1) is 40.4. The molecule has 0 saturated carbocycles. The molecule has 1 saturated heterocycles. The summed E-state index contributed by atoms with van der Waals surface area (Å²) in [5, 5.41) is 0. The van der Waals surface area contributed by atoms with Gasteiger partial charge in [-0.1, -0.05) is 141 Å². The topological polar surface area (TPSA) is 12.5 Å². The second-order valence-corrected chi connectivity index (χ2v) is 14.4. The average Bonchev–Trinajstić information content (AvgIpc) is 3.40. The summed E-state index contributed by atoms with van der Waals surface area (Å²) in [4.78, 5) is 2.32. The Kier molecular flexibility index (Phi) is 28.3. The van der Waals surface area contributed by atoms with Crippen LogP contribution >= 0.6 is 0 Å². The van der Waals surface area contributed by atoms with Crippen molar-refractivity contribution in [2.24, 2.45) is 0 Å². The zero-order chi connectivity index (χ0) is 31.1. The van der Waals surface area contributed by atoms with E-state index in [4.69, 9.17) is 4.74 Å². The first-order valence-electron chi connectivity index (χ1n) is 19.7. The van der Waals surface area contributed by atoms with Crippen LogP contribution < -0.4 is 0 Å². The van der Waals surface area contributed by atoms with Crippen molar-refractivity contribution < 1.29 is 4.74 Å². The molecule has 0 amide bonds. The maximum atomic E-state index is 6.92. The highest BCUT2D eigenvalue weighted by molar-refractivity contribution is 4.89. The quantitative estimate of drug-likeness (QED) is 0.0561. The van der Waals surface area contributed by atoms with E-state index in [-0.39, 0.29) is 5.60 Å². The zero-order valence-electron chi connectivity index (χ0n) is 30.2. The van der Waals surface area contributed by atoms with E-state index in [0.29, 0.717) is 6.10 Å². The van der Waals surface area contributed by atoms with E-state index in [9.17, 15) is 0 Å². The van der Waals surface area contributed by atoms with Gasteiger partial charge >= 0.3 is 0 Å². The van der Waals surface area contributed by atoms with E-state index in [1.54, 1.807) is 0 Å². The lowest BCUT2D eigenvalue weighted by Gasteiger charge is -2.30. The van der Waals surface area contributed by atoms with Gasteiger partial charge in [0.15, 0.2) is 0 Å². The molecule has 2 heteroatoms. The highest BCUT2D eigenvalue weighted by Crippen LogP contribution is 2.40. The molecule has 0 aliphatic carbocycles. The van der Waals surface area contributed by atoms with Crippen LogP contribution in [0.2, 0.25) is 0 Å². The van der Waals surface area contributed by atoms with Gasteiger partial charge in [0.1, 0.15) is 0 Å². The number of hydrogen-bond acceptors (Lipinski definition) is 2. The van der Waals surface area contributed by atoms with Crippen molar-refractivity contribution >= 4 is 0 Å². The molecule has 1 fully saturated rings. The molecule has 0 aromatic carbocycles. The fraction of sp³-hybridized carbons (Fsp3) is 0.902. The van der Waals surface area contributed by atoms with Gasteiger partial charge < -0.3 is 9.64 Å². The number of allylic oxidation sites excluding steroid dienone is 4. The Bertz CT molecular complexity index is 585. The number of unbranched alkanes of at least 4 members (excludes halogenated alkanes) is 20. The Balaban J connectivity index is 2.19. The largest absolute Gasteiger partial charge is 0.372 e. The Morgan fingerprint density at radius 2 is 0.930 bits per heavy atom. The van der Waals surface area contributed by atoms with Crippen molar-refractivity contribution in [1.29, 1.82) is 0 Å². The minimum atomic E-state index is 0.201. The van der Waals surface area contributed by atoms with Crippen LogP contribution in [0.3, 0.4) is 0 Å². The van der Waals surface area contributed by atoms with E-state index in [2.05, 4.69) is 57.1 Å². The smallest absolute Gasteiger partial charge is 0.0687 e. The molecule has 0 N–H and O–H groups in total. The van der Waals surface area contributed by atoms with Gasteiger partial charge in [0.25, 0.3) is 0 Å². The second-order valence-electron chi connectivity index (χ2n) is 14.4. The van der Waals surface area contributed by atoms with Crippen LogP contribution in [0.1, 0.15) is 206 Å². The lowest BCUT2D eigenvalue weighted by atomic mass is 9.87. The molecule has 254 valence electrons. The monoisotopic (exact) mass is 602 g/mol. The summed E-state index contributed by atoms with van der Waals surface area (Å²) < 4.78 is 6.92. The van der Waals surface area contributed by atoms with Crippen LogP contribution in [0.4, 0.5) is 0 Å². The van der Waals surface area contributed by atoms with Gasteiger partial charge in [-0.25, -0.2) is 0 Å². The zero-order valence-corrected chi connectivity index (χ0v) is 30.2. The molecule has 0 radical (unpaired) electrons. The van der Waals surface area contributed by atoms with Crippen LogP contribution in [0.5, 0.6) is 0 Å². The summed E-state index contributed by atoms with van der Waals surface area (Å²) in [6.07, 6.45) is 51.0. The fourth-order valence-electron chi connectivity index (χ4n) is 6.91. The van der Waals surface area contributed by atoms with Crippen LogP contribution in [0, 0.1) is 0 Å². The highest BCUT2D eigenvalue weighted by atomic mass is 16.5. The number of rotatable bonds is 32. The van der Waals surface area contributed by atoms with E-state index in [1.165, 1.54) is 199 Å². The molecule has 0 spiro atoms. The van der Waals surface area contributed by atoms with Crippen LogP contribution in [-0.2, 0) is 4.74 Å². The first-order chi connectivity index (χ1) is 21.1. The molecule has 0 bridgehead atoms. The molecule has 0 aromatic heterocycles. The Morgan fingerprint density at radius 1 is 0.535 bits per heavy atom. The van der Waals surface area contributed by atoms with Gasteiger partial charge in [-0.3, -0.25) is 0 Å². The predicted octanol–water partition coefficient (Wildman–Crippen LogP) is 13.5. The maximum absolute atomic E-state index is 6.92. The van der Waals surface area contributed by atoms with Gasteiger partial charge in [0, 0.05) is 0 Å². The second kappa shape index (κ2) is 30.1. The normalized spacial score (nSPS) is 16.9. The van der Waals surface area contributed by atoms with Crippen molar-refractivity contribution in [3.8, 4) is 0 Å². The minimum Gasteiger partial charge on any atom is -0.372 e. The van der Waals surface area contributed by atoms with Crippen molar-refractivity contribution in [2.75, 3.05) is 20.6 Å². The Hall–Kier alpha value is -0.600. The van der Waals surface area contributed by atoms with Crippen LogP contribution in [0.25, 0.3) is 0 Å². The molecule has 1 aliphatic rings. The van der Waals surface area contributed by atoms with E-state index in [0.717, 1.165) is 0 Å². The molecule has 1 rings (SSSR count). The van der Waals surface area contributed by atoms with Gasteiger partial charge in [-0.2, -0.15) is 0 Å². The van der Waals surface area contributed by atoms with Crippen LogP contribution in [0.15, 0.2) is 24.3 Å². The number of ether oxygens (including phenoxy) is 1. The van der Waals surface area contributed by atoms with Crippen LogP contribution in [-0.4, -0.2) is 37.2 Å². The van der Waals surface area contributed by atoms with Crippen molar-refractivity contribution in [1.82, 2.24) is 4.90 Å². The van der Waals surface area contributed by atoms with E-state index in [1.807, 2.05) is 0 Å². The third-order valence-corrected chi connectivity index (χ3v) is 9.76. The third kappa shape index (κ3) is 25.3. The fourth-order valence-corrected chi connectivity index (χ4v) is 6.91. The number of nitrogens with zero attached hydrogens (tertiary/aromatic N) is 1. The van der Waals surface area contributed by atoms with Crippen molar-refractivity contribution in [2.45, 2.75) is 218 Å².